The van der Waals surface area contributed by atoms with Crippen LogP contribution in [-0.2, 0) is 10.8 Å². The maximum atomic E-state index is 12.8. The molecule has 0 aliphatic heterocycles. The first-order chi connectivity index (χ1) is 9.56. The molecular weight excluding hydrogens is 313 g/mol. The molecule has 2 nitrogen and oxygen atoms in total. The van der Waals surface area contributed by atoms with E-state index in [9.17, 15) is 4.21 Å². The molecule has 2 rings (SSSR count). The van der Waals surface area contributed by atoms with Crippen LogP contribution in [0.15, 0.2) is 23.1 Å². The summed E-state index contributed by atoms with van der Waals surface area (Å²) in [5.74, 6) is 1.00. The minimum atomic E-state index is -1.06. The second-order valence-electron chi connectivity index (χ2n) is 5.49. The first-order valence-corrected chi connectivity index (χ1v) is 9.09. The Hall–Kier alpha value is -0.0900. The highest BCUT2D eigenvalue weighted by molar-refractivity contribution is 7.85. The van der Waals surface area contributed by atoms with E-state index >= 15 is 0 Å². The van der Waals surface area contributed by atoms with Crippen LogP contribution in [-0.4, -0.2) is 16.0 Å². The Balaban J connectivity index is 2.22. The predicted octanol–water partition coefficient (Wildman–Crippen LogP) is 4.25. The zero-order valence-electron chi connectivity index (χ0n) is 11.6. The van der Waals surface area contributed by atoms with Crippen molar-refractivity contribution >= 4 is 34.0 Å². The molecule has 20 heavy (non-hydrogen) atoms. The Kier molecular flexibility index (Phi) is 5.91. The summed E-state index contributed by atoms with van der Waals surface area (Å²) in [7, 11) is -1.06. The average Bonchev–Trinajstić information content (AvgIpc) is 2.48. The van der Waals surface area contributed by atoms with Crippen molar-refractivity contribution < 1.29 is 4.21 Å². The maximum absolute atomic E-state index is 12.8. The van der Waals surface area contributed by atoms with Gasteiger partial charge in [-0.3, -0.25) is 4.21 Å². The van der Waals surface area contributed by atoms with Gasteiger partial charge in [-0.2, -0.15) is 0 Å². The van der Waals surface area contributed by atoms with E-state index in [1.807, 2.05) is 6.07 Å². The first kappa shape index (κ1) is 16.3. The van der Waals surface area contributed by atoms with Gasteiger partial charge in [0.15, 0.2) is 0 Å². The number of nitrogens with two attached hydrogens (primary N) is 1. The molecule has 4 atom stereocenters. The SMILES string of the molecule is CCC1CCC(CN)C(S(=O)c2ccc(Cl)c(Cl)c2)C1. The highest BCUT2D eigenvalue weighted by Crippen LogP contribution is 2.36. The van der Waals surface area contributed by atoms with Gasteiger partial charge in [0.1, 0.15) is 0 Å². The molecule has 0 saturated heterocycles. The molecule has 0 bridgehead atoms. The summed E-state index contributed by atoms with van der Waals surface area (Å²) in [5, 5.41) is 1.10. The van der Waals surface area contributed by atoms with Gasteiger partial charge in [0.05, 0.1) is 20.8 Å². The molecule has 1 saturated carbocycles. The van der Waals surface area contributed by atoms with Crippen molar-refractivity contribution in [3.63, 3.8) is 0 Å². The molecule has 112 valence electrons. The topological polar surface area (TPSA) is 43.1 Å². The van der Waals surface area contributed by atoms with Gasteiger partial charge >= 0.3 is 0 Å². The normalized spacial score (nSPS) is 28.3. The van der Waals surface area contributed by atoms with E-state index < -0.39 is 10.8 Å². The molecule has 4 unspecified atom stereocenters. The second-order valence-corrected chi connectivity index (χ2v) is 7.98. The third-order valence-electron chi connectivity index (χ3n) is 4.32. The van der Waals surface area contributed by atoms with E-state index in [0.717, 1.165) is 24.2 Å². The summed E-state index contributed by atoms with van der Waals surface area (Å²) < 4.78 is 12.8. The van der Waals surface area contributed by atoms with Crippen molar-refractivity contribution in [2.45, 2.75) is 42.8 Å². The van der Waals surface area contributed by atoms with Crippen LogP contribution in [0.1, 0.15) is 32.6 Å². The molecule has 0 radical (unpaired) electrons. The van der Waals surface area contributed by atoms with Gasteiger partial charge < -0.3 is 5.73 Å². The lowest BCUT2D eigenvalue weighted by atomic mass is 9.80. The maximum Gasteiger partial charge on any atom is 0.0604 e. The van der Waals surface area contributed by atoms with Crippen molar-refractivity contribution in [3.05, 3.63) is 28.2 Å². The number of halogens is 2. The summed E-state index contributed by atoms with van der Waals surface area (Å²) in [6, 6.07) is 5.26. The van der Waals surface area contributed by atoms with Crippen LogP contribution in [0.5, 0.6) is 0 Å². The van der Waals surface area contributed by atoms with E-state index in [1.54, 1.807) is 12.1 Å². The van der Waals surface area contributed by atoms with Crippen LogP contribution >= 0.6 is 23.2 Å². The van der Waals surface area contributed by atoms with Gasteiger partial charge in [-0.15, -0.1) is 0 Å². The Morgan fingerprint density at radius 3 is 2.65 bits per heavy atom. The van der Waals surface area contributed by atoms with Crippen molar-refractivity contribution in [1.29, 1.82) is 0 Å². The summed E-state index contributed by atoms with van der Waals surface area (Å²) >= 11 is 12.0. The fourth-order valence-electron chi connectivity index (χ4n) is 2.95. The Labute approximate surface area is 133 Å². The predicted molar refractivity (Wildman–Crippen MR) is 86.8 cm³/mol. The monoisotopic (exact) mass is 333 g/mol. The third-order valence-corrected chi connectivity index (χ3v) is 6.90. The van der Waals surface area contributed by atoms with E-state index in [4.69, 9.17) is 28.9 Å². The number of hydrogen-bond acceptors (Lipinski definition) is 2. The minimum absolute atomic E-state index is 0.135. The molecule has 0 spiro atoms. The van der Waals surface area contributed by atoms with Gasteiger partial charge in [-0.1, -0.05) is 43.0 Å². The number of hydrogen-bond donors (Lipinski definition) is 1. The Morgan fingerprint density at radius 1 is 1.30 bits per heavy atom. The smallest absolute Gasteiger partial charge is 0.0604 e. The molecular formula is C15H21Cl2NOS. The number of benzene rings is 1. The third kappa shape index (κ3) is 3.56. The Bertz CT molecular complexity index is 495. The van der Waals surface area contributed by atoms with Gasteiger partial charge in [0.25, 0.3) is 0 Å². The van der Waals surface area contributed by atoms with Crippen molar-refractivity contribution in [2.24, 2.45) is 17.6 Å². The fraction of sp³-hybridized carbons (Fsp3) is 0.600. The molecule has 1 aliphatic carbocycles. The Morgan fingerprint density at radius 2 is 2.05 bits per heavy atom. The van der Waals surface area contributed by atoms with E-state index in [-0.39, 0.29) is 5.25 Å². The lowest BCUT2D eigenvalue weighted by Gasteiger charge is -2.34. The quantitative estimate of drug-likeness (QED) is 0.894. The average molecular weight is 334 g/mol. The standard InChI is InChI=1S/C15H21Cl2NOS/c1-2-10-3-4-11(9-18)15(7-10)20(19)12-5-6-13(16)14(17)8-12/h5-6,8,10-11,15H,2-4,7,9,18H2,1H3. The molecule has 0 aromatic heterocycles. The zero-order chi connectivity index (χ0) is 14.7. The first-order valence-electron chi connectivity index (χ1n) is 7.12. The van der Waals surface area contributed by atoms with Crippen LogP contribution in [0.2, 0.25) is 10.0 Å². The summed E-state index contributed by atoms with van der Waals surface area (Å²) in [6.45, 7) is 2.81. The van der Waals surface area contributed by atoms with E-state index in [1.165, 1.54) is 6.42 Å². The lowest BCUT2D eigenvalue weighted by Crippen LogP contribution is -2.37. The van der Waals surface area contributed by atoms with Gasteiger partial charge in [0, 0.05) is 10.1 Å². The molecule has 0 heterocycles. The highest BCUT2D eigenvalue weighted by atomic mass is 35.5. The summed E-state index contributed by atoms with van der Waals surface area (Å²) in [4.78, 5) is 0.764. The molecule has 0 amide bonds. The fourth-order valence-corrected chi connectivity index (χ4v) is 5.15. The van der Waals surface area contributed by atoms with Crippen molar-refractivity contribution in [2.75, 3.05) is 6.54 Å². The van der Waals surface area contributed by atoms with Crippen LogP contribution in [0, 0.1) is 11.8 Å². The van der Waals surface area contributed by atoms with Crippen LogP contribution in [0.3, 0.4) is 0 Å². The molecule has 1 aliphatic rings. The van der Waals surface area contributed by atoms with Crippen molar-refractivity contribution in [3.8, 4) is 0 Å². The van der Waals surface area contributed by atoms with Gasteiger partial charge in [-0.25, -0.2) is 0 Å². The van der Waals surface area contributed by atoms with E-state index in [2.05, 4.69) is 6.92 Å². The molecule has 1 aromatic carbocycles. The van der Waals surface area contributed by atoms with Gasteiger partial charge in [0.2, 0.25) is 0 Å². The molecule has 1 fully saturated rings. The second kappa shape index (κ2) is 7.26. The minimum Gasteiger partial charge on any atom is -0.330 e. The largest absolute Gasteiger partial charge is 0.330 e. The molecule has 2 N–H and O–H groups in total. The summed E-state index contributed by atoms with van der Waals surface area (Å²) in [6.07, 6.45) is 4.41. The molecule has 1 aromatic rings. The van der Waals surface area contributed by atoms with Crippen molar-refractivity contribution in [1.82, 2.24) is 0 Å². The summed E-state index contributed by atoms with van der Waals surface area (Å²) in [5.41, 5.74) is 5.87. The number of rotatable bonds is 4. The molecule has 5 heteroatoms. The van der Waals surface area contributed by atoms with Crippen LogP contribution < -0.4 is 5.73 Å². The van der Waals surface area contributed by atoms with Gasteiger partial charge in [-0.05, 0) is 49.4 Å². The van der Waals surface area contributed by atoms with Crippen LogP contribution in [0.25, 0.3) is 0 Å². The zero-order valence-corrected chi connectivity index (χ0v) is 14.0. The highest BCUT2D eigenvalue weighted by Gasteiger charge is 2.33. The van der Waals surface area contributed by atoms with Crippen LogP contribution in [0.4, 0.5) is 0 Å². The van der Waals surface area contributed by atoms with E-state index in [0.29, 0.717) is 28.4 Å². The lowest BCUT2D eigenvalue weighted by molar-refractivity contribution is 0.280.